The number of benzene rings is 2. The molecule has 4 N–H and O–H groups in total. The van der Waals surface area contributed by atoms with Gasteiger partial charge in [0.2, 0.25) is 5.91 Å². The van der Waals surface area contributed by atoms with Crippen molar-refractivity contribution in [2.45, 2.75) is 44.2 Å². The van der Waals surface area contributed by atoms with Gasteiger partial charge < -0.3 is 25.5 Å². The maximum atomic E-state index is 12.8. The number of imidazole rings is 1. The summed E-state index contributed by atoms with van der Waals surface area (Å²) in [4.78, 5) is 43.8. The van der Waals surface area contributed by atoms with Crippen LogP contribution >= 0.6 is 0 Å². The highest BCUT2D eigenvalue weighted by Crippen LogP contribution is 2.44. The molecule has 0 fully saturated rings. The third-order valence-electron chi connectivity index (χ3n) is 6.12. The Morgan fingerprint density at radius 3 is 2.26 bits per heavy atom. The number of aliphatic carboxylic acids is 1. The minimum Gasteiger partial charge on any atom is -0.480 e. The normalized spacial score (nSPS) is 13.9. The van der Waals surface area contributed by atoms with Gasteiger partial charge in [-0.05, 0) is 28.7 Å². The number of hydrogen-bond donors (Lipinski definition) is 4. The number of fused-ring (bicyclic) bond motifs is 3. The predicted molar refractivity (Wildman–Crippen MR) is 129 cm³/mol. The van der Waals surface area contributed by atoms with Crippen molar-refractivity contribution in [1.29, 1.82) is 0 Å². The number of H-pyrrole nitrogens is 1. The zero-order valence-corrected chi connectivity index (χ0v) is 19.4. The van der Waals surface area contributed by atoms with E-state index < -0.39 is 30.1 Å². The van der Waals surface area contributed by atoms with Gasteiger partial charge in [-0.25, -0.2) is 14.6 Å². The second-order valence-electron chi connectivity index (χ2n) is 8.49. The molecule has 1 aliphatic rings. The first-order valence-corrected chi connectivity index (χ1v) is 11.6. The number of nitrogens with zero attached hydrogens (tertiary/aromatic N) is 1. The quantitative estimate of drug-likeness (QED) is 0.355. The Bertz CT molecular complexity index is 1150. The van der Waals surface area contributed by atoms with Gasteiger partial charge in [-0.3, -0.25) is 4.79 Å². The number of carbonyl (C=O) groups is 3. The van der Waals surface area contributed by atoms with Crippen LogP contribution in [-0.4, -0.2) is 51.7 Å². The standard InChI is InChI=1S/C26H28N4O5/c1-2-7-22(24(31)29-23(25(32)33)12-16-13-27-15-28-16)30-26(34)35-14-21-19-10-5-3-8-17(19)18-9-4-6-11-20(18)21/h3-6,8-11,13,15,21-23H,2,7,12,14H2,1H3,(H,27,28)(H,29,31)(H,30,34)(H,32,33)/t22-,23+/m0/s1. The molecule has 1 aliphatic carbocycles. The number of hydrogen-bond acceptors (Lipinski definition) is 5. The van der Waals surface area contributed by atoms with E-state index in [1.54, 1.807) is 0 Å². The number of amides is 2. The number of aromatic amines is 1. The summed E-state index contributed by atoms with van der Waals surface area (Å²) in [7, 11) is 0. The lowest BCUT2D eigenvalue weighted by Gasteiger charge is -2.21. The molecule has 35 heavy (non-hydrogen) atoms. The molecule has 4 rings (SSSR count). The summed E-state index contributed by atoms with van der Waals surface area (Å²) < 4.78 is 5.54. The van der Waals surface area contributed by atoms with E-state index in [1.165, 1.54) is 12.5 Å². The minimum absolute atomic E-state index is 0.0465. The highest BCUT2D eigenvalue weighted by atomic mass is 16.5. The molecule has 1 aromatic heterocycles. The zero-order valence-electron chi connectivity index (χ0n) is 19.4. The van der Waals surface area contributed by atoms with Gasteiger partial charge in [0, 0.05) is 24.2 Å². The smallest absolute Gasteiger partial charge is 0.407 e. The molecule has 2 amide bonds. The first-order valence-electron chi connectivity index (χ1n) is 11.6. The van der Waals surface area contributed by atoms with Gasteiger partial charge in [-0.2, -0.15) is 0 Å². The summed E-state index contributed by atoms with van der Waals surface area (Å²) in [6.45, 7) is 2.00. The molecular formula is C26H28N4O5. The van der Waals surface area contributed by atoms with E-state index in [0.717, 1.165) is 22.3 Å². The van der Waals surface area contributed by atoms with Crippen LogP contribution in [0.4, 0.5) is 4.79 Å². The second-order valence-corrected chi connectivity index (χ2v) is 8.49. The van der Waals surface area contributed by atoms with Crippen LogP contribution in [0.2, 0.25) is 0 Å². The third kappa shape index (κ3) is 5.51. The number of alkyl carbamates (subject to hydrolysis) is 1. The molecule has 0 saturated heterocycles. The molecule has 1 heterocycles. The van der Waals surface area contributed by atoms with E-state index in [4.69, 9.17) is 4.74 Å². The Labute approximate surface area is 202 Å². The SMILES string of the molecule is CCC[C@H](NC(=O)OCC1c2ccccc2-c2ccccc21)C(=O)N[C@H](Cc1cnc[nH]1)C(=O)O. The van der Waals surface area contributed by atoms with E-state index in [2.05, 4.69) is 32.7 Å². The van der Waals surface area contributed by atoms with Crippen molar-refractivity contribution in [3.8, 4) is 11.1 Å². The first-order chi connectivity index (χ1) is 17.0. The Balaban J connectivity index is 1.38. The van der Waals surface area contributed by atoms with Crippen LogP contribution in [0.3, 0.4) is 0 Å². The number of carbonyl (C=O) groups excluding carboxylic acids is 2. The largest absolute Gasteiger partial charge is 0.480 e. The topological polar surface area (TPSA) is 133 Å². The molecule has 0 saturated carbocycles. The lowest BCUT2D eigenvalue weighted by molar-refractivity contribution is -0.142. The molecule has 0 unspecified atom stereocenters. The van der Waals surface area contributed by atoms with E-state index in [0.29, 0.717) is 18.5 Å². The molecule has 3 aromatic rings. The number of ether oxygens (including phenoxy) is 1. The molecule has 0 bridgehead atoms. The average Bonchev–Trinajstić information content (AvgIpc) is 3.48. The van der Waals surface area contributed by atoms with Gasteiger partial charge in [-0.15, -0.1) is 0 Å². The van der Waals surface area contributed by atoms with Crippen molar-refractivity contribution in [1.82, 2.24) is 20.6 Å². The summed E-state index contributed by atoms with van der Waals surface area (Å²) >= 11 is 0. The van der Waals surface area contributed by atoms with Gasteiger partial charge in [0.15, 0.2) is 0 Å². The fourth-order valence-corrected chi connectivity index (χ4v) is 4.43. The van der Waals surface area contributed by atoms with E-state index >= 15 is 0 Å². The van der Waals surface area contributed by atoms with Crippen molar-refractivity contribution in [3.05, 3.63) is 77.9 Å². The highest BCUT2D eigenvalue weighted by Gasteiger charge is 2.30. The Hall–Kier alpha value is -4.14. The molecule has 9 heteroatoms. The Morgan fingerprint density at radius 1 is 1.03 bits per heavy atom. The molecular weight excluding hydrogens is 448 g/mol. The predicted octanol–water partition coefficient (Wildman–Crippen LogP) is 3.23. The third-order valence-corrected chi connectivity index (χ3v) is 6.12. The Kier molecular flexibility index (Phi) is 7.45. The van der Waals surface area contributed by atoms with Gasteiger partial charge in [0.25, 0.3) is 0 Å². The summed E-state index contributed by atoms with van der Waals surface area (Å²) in [6, 6.07) is 14.0. The fourth-order valence-electron chi connectivity index (χ4n) is 4.43. The number of rotatable bonds is 10. The van der Waals surface area contributed by atoms with E-state index in [9.17, 15) is 19.5 Å². The van der Waals surface area contributed by atoms with Gasteiger partial charge in [0.1, 0.15) is 18.7 Å². The van der Waals surface area contributed by atoms with Crippen LogP contribution in [0.15, 0.2) is 61.1 Å². The number of carboxylic acids is 1. The molecule has 0 aliphatic heterocycles. The number of aromatic nitrogens is 2. The molecule has 0 radical (unpaired) electrons. The van der Waals surface area contributed by atoms with Crippen LogP contribution in [0.1, 0.15) is 42.5 Å². The average molecular weight is 477 g/mol. The van der Waals surface area contributed by atoms with Crippen LogP contribution in [0.5, 0.6) is 0 Å². The van der Waals surface area contributed by atoms with Crippen molar-refractivity contribution in [3.63, 3.8) is 0 Å². The summed E-state index contributed by atoms with van der Waals surface area (Å²) in [6.07, 6.45) is 3.22. The monoisotopic (exact) mass is 476 g/mol. The van der Waals surface area contributed by atoms with Crippen molar-refractivity contribution < 1.29 is 24.2 Å². The van der Waals surface area contributed by atoms with Gasteiger partial charge in [-0.1, -0.05) is 61.9 Å². The highest BCUT2D eigenvalue weighted by molar-refractivity contribution is 5.89. The zero-order chi connectivity index (χ0) is 24.8. The van der Waals surface area contributed by atoms with Crippen LogP contribution in [-0.2, 0) is 20.7 Å². The summed E-state index contributed by atoms with van der Waals surface area (Å²) in [5.41, 5.74) is 5.00. The van der Waals surface area contributed by atoms with Crippen LogP contribution in [0, 0.1) is 0 Å². The molecule has 0 spiro atoms. The van der Waals surface area contributed by atoms with E-state index in [1.807, 2.05) is 43.3 Å². The lowest BCUT2D eigenvalue weighted by atomic mass is 9.98. The fraction of sp³-hybridized carbons (Fsp3) is 0.308. The molecule has 182 valence electrons. The van der Waals surface area contributed by atoms with Crippen LogP contribution in [0.25, 0.3) is 11.1 Å². The summed E-state index contributed by atoms with van der Waals surface area (Å²) in [5.74, 6) is -1.85. The van der Waals surface area contributed by atoms with Crippen molar-refractivity contribution >= 4 is 18.0 Å². The Morgan fingerprint density at radius 2 is 1.69 bits per heavy atom. The van der Waals surface area contributed by atoms with E-state index in [-0.39, 0.29) is 18.9 Å². The van der Waals surface area contributed by atoms with Crippen LogP contribution < -0.4 is 10.6 Å². The summed E-state index contributed by atoms with van der Waals surface area (Å²) in [5, 5.41) is 14.6. The number of carboxylic acid groups (broad SMARTS) is 1. The first kappa shape index (κ1) is 24.0. The maximum absolute atomic E-state index is 12.8. The maximum Gasteiger partial charge on any atom is 0.407 e. The lowest BCUT2D eigenvalue weighted by Crippen LogP contribution is -2.52. The minimum atomic E-state index is -1.18. The van der Waals surface area contributed by atoms with Gasteiger partial charge in [0.05, 0.1) is 6.33 Å². The number of nitrogens with one attached hydrogen (secondary N) is 3. The van der Waals surface area contributed by atoms with Gasteiger partial charge >= 0.3 is 12.1 Å². The van der Waals surface area contributed by atoms with Crippen molar-refractivity contribution in [2.24, 2.45) is 0 Å². The molecule has 2 aromatic carbocycles. The molecule has 9 nitrogen and oxygen atoms in total. The molecule has 2 atom stereocenters. The second kappa shape index (κ2) is 10.9. The van der Waals surface area contributed by atoms with Crippen molar-refractivity contribution in [2.75, 3.05) is 6.61 Å².